The van der Waals surface area contributed by atoms with Crippen LogP contribution in [0.1, 0.15) is 30.9 Å². The molecule has 0 aromatic heterocycles. The summed E-state index contributed by atoms with van der Waals surface area (Å²) >= 11 is 13.3. The summed E-state index contributed by atoms with van der Waals surface area (Å²) in [6, 6.07) is 18.6. The minimum Gasteiger partial charge on any atom is -0.483 e. The normalized spacial score (nSPS) is 35.3. The fraction of sp³-hybridized carbons (Fsp3) is 0.333. The quantitative estimate of drug-likeness (QED) is 0.659. The lowest BCUT2D eigenvalue weighted by Gasteiger charge is -2.35. The first-order chi connectivity index (χ1) is 9.93. The molecule has 4 rings (SSSR count). The molecule has 21 heavy (non-hydrogen) atoms. The Bertz CT molecular complexity index is 712. The van der Waals surface area contributed by atoms with Crippen molar-refractivity contribution in [3.63, 3.8) is 0 Å². The van der Waals surface area contributed by atoms with Crippen LogP contribution in [0.4, 0.5) is 0 Å². The lowest BCUT2D eigenvalue weighted by Crippen LogP contribution is -2.32. The fourth-order valence-corrected chi connectivity index (χ4v) is 4.88. The molecule has 0 radical (unpaired) electrons. The van der Waals surface area contributed by atoms with Gasteiger partial charge in [0.25, 0.3) is 0 Å². The first-order valence-corrected chi connectivity index (χ1v) is 7.90. The van der Waals surface area contributed by atoms with E-state index in [1.807, 2.05) is 31.2 Å². The van der Waals surface area contributed by atoms with Crippen molar-refractivity contribution >= 4 is 23.2 Å². The van der Waals surface area contributed by atoms with Crippen molar-refractivity contribution in [2.45, 2.75) is 29.7 Å². The first kappa shape index (κ1) is 13.5. The largest absolute Gasteiger partial charge is 0.483 e. The summed E-state index contributed by atoms with van der Waals surface area (Å²) < 4.78 is 5.30. The van der Waals surface area contributed by atoms with E-state index >= 15 is 0 Å². The molecule has 0 N–H and O–H groups in total. The third-order valence-corrected chi connectivity index (χ3v) is 6.94. The van der Waals surface area contributed by atoms with Crippen LogP contribution in [-0.2, 0) is 0 Å². The summed E-state index contributed by atoms with van der Waals surface area (Å²) in [5, 5.41) is 0. The number of hydrogen-bond donors (Lipinski definition) is 0. The van der Waals surface area contributed by atoms with Crippen molar-refractivity contribution in [1.29, 1.82) is 0 Å². The molecule has 1 aliphatic heterocycles. The Morgan fingerprint density at radius 3 is 2.24 bits per heavy atom. The minimum atomic E-state index is -0.903. The number of fused-ring (bicyclic) bond motifs is 2. The van der Waals surface area contributed by atoms with Crippen molar-refractivity contribution in [3.05, 3.63) is 65.7 Å². The molecule has 2 aromatic carbocycles. The van der Waals surface area contributed by atoms with Crippen LogP contribution < -0.4 is 4.74 Å². The number of hydrogen-bond acceptors (Lipinski definition) is 1. The van der Waals surface area contributed by atoms with E-state index in [9.17, 15) is 0 Å². The molecule has 1 fully saturated rings. The van der Waals surface area contributed by atoms with Crippen LogP contribution in [0.15, 0.2) is 54.6 Å². The molecule has 1 heterocycles. The summed E-state index contributed by atoms with van der Waals surface area (Å²) in [6.07, 6.45) is 0. The maximum absolute atomic E-state index is 6.67. The highest BCUT2D eigenvalue weighted by Gasteiger charge is 2.88. The standard InChI is InChI=1S/C18H16Cl2O/c1-16-15(12-8-4-3-5-9-12)13-10-6-7-11-14(13)21-17(16,2)18(16,19)20/h3-11,15H,1-2H3. The van der Waals surface area contributed by atoms with Crippen LogP contribution in [0.5, 0.6) is 5.75 Å². The second kappa shape index (κ2) is 3.97. The van der Waals surface area contributed by atoms with Crippen molar-refractivity contribution in [1.82, 2.24) is 0 Å². The van der Waals surface area contributed by atoms with Crippen LogP contribution in [0.2, 0.25) is 0 Å². The molecule has 3 unspecified atom stereocenters. The van der Waals surface area contributed by atoms with Gasteiger partial charge in [-0.05, 0) is 18.6 Å². The van der Waals surface area contributed by atoms with Gasteiger partial charge in [-0.2, -0.15) is 0 Å². The third kappa shape index (κ3) is 1.39. The Hall–Kier alpha value is -1.18. The molecule has 0 amide bonds. The molecular formula is C18H16Cl2O. The van der Waals surface area contributed by atoms with E-state index in [-0.39, 0.29) is 11.3 Å². The third-order valence-electron chi connectivity index (χ3n) is 5.43. The summed E-state index contributed by atoms with van der Waals surface area (Å²) in [6.45, 7) is 4.14. The predicted molar refractivity (Wildman–Crippen MR) is 86.3 cm³/mol. The SMILES string of the molecule is CC12Oc3ccccc3C(c3ccccc3)C1(C)C2(Cl)Cl. The zero-order chi connectivity index (χ0) is 14.9. The van der Waals surface area contributed by atoms with Gasteiger partial charge in [0.15, 0.2) is 4.33 Å². The van der Waals surface area contributed by atoms with Gasteiger partial charge in [-0.25, -0.2) is 0 Å². The summed E-state index contributed by atoms with van der Waals surface area (Å²) in [5.74, 6) is 1.01. The van der Waals surface area contributed by atoms with E-state index < -0.39 is 9.93 Å². The first-order valence-electron chi connectivity index (χ1n) is 7.14. The Kier molecular flexibility index (Phi) is 2.55. The fourth-order valence-electron chi connectivity index (χ4n) is 3.92. The van der Waals surface area contributed by atoms with Gasteiger partial charge in [0.05, 0.1) is 5.41 Å². The second-order valence-electron chi connectivity index (χ2n) is 6.29. The highest BCUT2D eigenvalue weighted by molar-refractivity contribution is 6.53. The van der Waals surface area contributed by atoms with Crippen LogP contribution in [0.3, 0.4) is 0 Å². The van der Waals surface area contributed by atoms with Crippen LogP contribution in [0, 0.1) is 5.41 Å². The lowest BCUT2D eigenvalue weighted by molar-refractivity contribution is 0.121. The average molecular weight is 319 g/mol. The maximum Gasteiger partial charge on any atom is 0.168 e. The van der Waals surface area contributed by atoms with Crippen molar-refractivity contribution in [2.75, 3.05) is 0 Å². The second-order valence-corrected chi connectivity index (χ2v) is 7.62. The molecule has 108 valence electrons. The topological polar surface area (TPSA) is 9.23 Å². The monoisotopic (exact) mass is 318 g/mol. The van der Waals surface area contributed by atoms with Crippen LogP contribution >= 0.6 is 23.2 Å². The zero-order valence-electron chi connectivity index (χ0n) is 11.9. The molecular weight excluding hydrogens is 303 g/mol. The molecule has 0 spiro atoms. The van der Waals surface area contributed by atoms with Gasteiger partial charge in [0.2, 0.25) is 0 Å². The van der Waals surface area contributed by atoms with Crippen LogP contribution in [-0.4, -0.2) is 9.93 Å². The molecule has 0 saturated heterocycles. The Labute approximate surface area is 134 Å². The average Bonchev–Trinajstić information content (AvgIpc) is 2.83. The Morgan fingerprint density at radius 2 is 1.52 bits per heavy atom. The molecule has 0 bridgehead atoms. The molecule has 2 aliphatic rings. The maximum atomic E-state index is 6.67. The number of rotatable bonds is 1. The number of alkyl halides is 2. The molecule has 3 atom stereocenters. The summed E-state index contributed by atoms with van der Waals surface area (Å²) in [7, 11) is 0. The lowest BCUT2D eigenvalue weighted by atomic mass is 9.75. The molecule has 3 heteroatoms. The Balaban J connectivity index is 1.98. The van der Waals surface area contributed by atoms with Gasteiger partial charge in [-0.1, -0.05) is 78.7 Å². The van der Waals surface area contributed by atoms with E-state index in [0.717, 1.165) is 11.3 Å². The zero-order valence-corrected chi connectivity index (χ0v) is 13.4. The Morgan fingerprint density at radius 1 is 0.905 bits per heavy atom. The van der Waals surface area contributed by atoms with Gasteiger partial charge in [-0.3, -0.25) is 0 Å². The van der Waals surface area contributed by atoms with Gasteiger partial charge in [0.1, 0.15) is 11.4 Å². The van der Waals surface area contributed by atoms with Crippen molar-refractivity contribution < 1.29 is 4.74 Å². The predicted octanol–water partition coefficient (Wildman–Crippen LogP) is 5.16. The summed E-state index contributed by atoms with van der Waals surface area (Å²) in [4.78, 5) is 0. The molecule has 1 saturated carbocycles. The summed E-state index contributed by atoms with van der Waals surface area (Å²) in [5.41, 5.74) is 1.47. The van der Waals surface area contributed by atoms with E-state index in [4.69, 9.17) is 27.9 Å². The van der Waals surface area contributed by atoms with Gasteiger partial charge in [0, 0.05) is 11.5 Å². The van der Waals surface area contributed by atoms with E-state index in [1.165, 1.54) is 5.56 Å². The van der Waals surface area contributed by atoms with Gasteiger partial charge < -0.3 is 4.74 Å². The van der Waals surface area contributed by atoms with Gasteiger partial charge >= 0.3 is 0 Å². The van der Waals surface area contributed by atoms with Crippen molar-refractivity contribution in [2.24, 2.45) is 5.41 Å². The van der Waals surface area contributed by atoms with E-state index in [2.05, 4.69) is 37.3 Å². The van der Waals surface area contributed by atoms with Gasteiger partial charge in [-0.15, -0.1) is 0 Å². The molecule has 1 aliphatic carbocycles. The highest BCUT2D eigenvalue weighted by atomic mass is 35.5. The van der Waals surface area contributed by atoms with E-state index in [0.29, 0.717) is 0 Å². The minimum absolute atomic E-state index is 0.128. The molecule has 2 aromatic rings. The number of benzene rings is 2. The number of halogens is 2. The smallest absolute Gasteiger partial charge is 0.168 e. The highest BCUT2D eigenvalue weighted by Crippen LogP contribution is 2.81. The van der Waals surface area contributed by atoms with E-state index in [1.54, 1.807) is 0 Å². The number of para-hydroxylation sites is 1. The van der Waals surface area contributed by atoms with Crippen molar-refractivity contribution in [3.8, 4) is 5.75 Å². The number of ether oxygens (including phenoxy) is 1. The molecule has 1 nitrogen and oxygen atoms in total. The van der Waals surface area contributed by atoms with Crippen LogP contribution in [0.25, 0.3) is 0 Å².